The molecule has 0 spiro atoms. The second-order valence-corrected chi connectivity index (χ2v) is 6.63. The number of hydrogen-bond donors (Lipinski definition) is 2. The standard InChI is InChI=1S/C13H14Cl3N3O2/c1-9-2-4-10(5-3-9)18-11(6-7-17)19-12(20)21-8-13(14,15)16/h2-5,7,17H,6,8H2,1H3,(H,18,19,20). The van der Waals surface area contributed by atoms with Crippen LogP contribution in [0.4, 0.5) is 10.5 Å². The van der Waals surface area contributed by atoms with Crippen LogP contribution in [0.15, 0.2) is 29.3 Å². The van der Waals surface area contributed by atoms with Crippen LogP contribution in [0.3, 0.4) is 0 Å². The summed E-state index contributed by atoms with van der Waals surface area (Å²) in [4.78, 5) is 15.8. The minimum Gasteiger partial charge on any atom is -0.445 e. The molecule has 0 aliphatic rings. The molecular weight excluding hydrogens is 337 g/mol. The van der Waals surface area contributed by atoms with Crippen molar-refractivity contribution in [3.8, 4) is 0 Å². The Morgan fingerprint density at radius 3 is 2.52 bits per heavy atom. The number of halogens is 3. The van der Waals surface area contributed by atoms with Crippen molar-refractivity contribution in [1.82, 2.24) is 5.32 Å². The number of amides is 1. The monoisotopic (exact) mass is 349 g/mol. The zero-order valence-electron chi connectivity index (χ0n) is 11.2. The Labute approximate surface area is 137 Å². The molecule has 0 atom stereocenters. The second kappa shape index (κ2) is 8.22. The molecule has 0 saturated carbocycles. The van der Waals surface area contributed by atoms with Gasteiger partial charge in [-0.1, -0.05) is 52.5 Å². The first-order valence-corrected chi connectivity index (χ1v) is 7.07. The molecule has 0 saturated heterocycles. The summed E-state index contributed by atoms with van der Waals surface area (Å²) >= 11 is 16.4. The maximum absolute atomic E-state index is 11.6. The van der Waals surface area contributed by atoms with E-state index in [9.17, 15) is 4.79 Å². The number of rotatable bonds is 4. The van der Waals surface area contributed by atoms with Crippen LogP contribution in [0.25, 0.3) is 0 Å². The Morgan fingerprint density at radius 1 is 1.38 bits per heavy atom. The van der Waals surface area contributed by atoms with Crippen molar-refractivity contribution in [3.05, 3.63) is 29.8 Å². The van der Waals surface area contributed by atoms with Gasteiger partial charge in [0.05, 0.1) is 5.69 Å². The Kier molecular flexibility index (Phi) is 6.95. The lowest BCUT2D eigenvalue weighted by molar-refractivity contribution is 0.154. The van der Waals surface area contributed by atoms with Gasteiger partial charge in [-0.25, -0.2) is 9.79 Å². The number of alkyl carbamates (subject to hydrolysis) is 1. The van der Waals surface area contributed by atoms with Crippen LogP contribution in [0.5, 0.6) is 0 Å². The van der Waals surface area contributed by atoms with Gasteiger partial charge in [0.2, 0.25) is 3.79 Å². The van der Waals surface area contributed by atoms with Gasteiger partial charge in [0.15, 0.2) is 0 Å². The predicted octanol–water partition coefficient (Wildman–Crippen LogP) is 4.16. The van der Waals surface area contributed by atoms with Crippen LogP contribution < -0.4 is 5.32 Å². The summed E-state index contributed by atoms with van der Waals surface area (Å²) in [5.74, 6) is 0.267. The quantitative estimate of drug-likeness (QED) is 0.486. The Hall–Kier alpha value is -1.30. The van der Waals surface area contributed by atoms with Gasteiger partial charge in [-0.2, -0.15) is 0 Å². The maximum Gasteiger partial charge on any atom is 0.412 e. The van der Waals surface area contributed by atoms with E-state index in [1.54, 1.807) is 12.1 Å². The third-order valence-corrected chi connectivity index (χ3v) is 2.53. The van der Waals surface area contributed by atoms with E-state index in [0.29, 0.717) is 5.69 Å². The molecule has 0 unspecified atom stereocenters. The lowest BCUT2D eigenvalue weighted by Crippen LogP contribution is -2.33. The van der Waals surface area contributed by atoms with Gasteiger partial charge in [-0.3, -0.25) is 5.32 Å². The van der Waals surface area contributed by atoms with Gasteiger partial charge in [0, 0.05) is 12.6 Å². The highest BCUT2D eigenvalue weighted by Gasteiger charge is 2.22. The molecule has 0 fully saturated rings. The highest BCUT2D eigenvalue weighted by molar-refractivity contribution is 6.67. The van der Waals surface area contributed by atoms with Gasteiger partial charge >= 0.3 is 6.09 Å². The maximum atomic E-state index is 11.6. The van der Waals surface area contributed by atoms with E-state index in [1.807, 2.05) is 19.1 Å². The Morgan fingerprint density at radius 2 is 2.00 bits per heavy atom. The van der Waals surface area contributed by atoms with E-state index in [4.69, 9.17) is 44.9 Å². The molecule has 0 aliphatic carbocycles. The first-order chi connectivity index (χ1) is 9.80. The molecule has 0 bridgehead atoms. The van der Waals surface area contributed by atoms with Crippen molar-refractivity contribution in [3.63, 3.8) is 0 Å². The number of aryl methyl sites for hydroxylation is 1. The second-order valence-electron chi connectivity index (χ2n) is 4.12. The highest BCUT2D eigenvalue weighted by atomic mass is 35.6. The number of ether oxygens (including phenoxy) is 1. The van der Waals surface area contributed by atoms with Crippen molar-refractivity contribution >= 4 is 58.6 Å². The largest absolute Gasteiger partial charge is 0.445 e. The SMILES string of the molecule is Cc1ccc(N=C(CC=N)NC(=O)OCC(Cl)(Cl)Cl)cc1. The number of amidine groups is 1. The third-order valence-electron chi connectivity index (χ3n) is 2.21. The number of benzene rings is 1. The van der Waals surface area contributed by atoms with Gasteiger partial charge < -0.3 is 10.1 Å². The first-order valence-electron chi connectivity index (χ1n) is 5.94. The van der Waals surface area contributed by atoms with Crippen molar-refractivity contribution in [2.45, 2.75) is 17.1 Å². The molecule has 1 aromatic rings. The van der Waals surface area contributed by atoms with Crippen LogP contribution in [0.2, 0.25) is 0 Å². The van der Waals surface area contributed by atoms with Crippen molar-refractivity contribution < 1.29 is 9.53 Å². The van der Waals surface area contributed by atoms with Crippen LogP contribution in [-0.4, -0.2) is 28.5 Å². The normalized spacial score (nSPS) is 11.9. The van der Waals surface area contributed by atoms with Gasteiger partial charge in [-0.05, 0) is 19.1 Å². The summed E-state index contributed by atoms with van der Waals surface area (Å²) in [5.41, 5.74) is 1.75. The van der Waals surface area contributed by atoms with Crippen LogP contribution in [0, 0.1) is 12.3 Å². The molecule has 8 heteroatoms. The molecular formula is C13H14Cl3N3O2. The number of carbonyl (C=O) groups excluding carboxylic acids is 1. The fourth-order valence-corrected chi connectivity index (χ4v) is 1.46. The van der Waals surface area contributed by atoms with Gasteiger partial charge in [0.25, 0.3) is 0 Å². The van der Waals surface area contributed by atoms with Crippen LogP contribution in [0.1, 0.15) is 12.0 Å². The molecule has 114 valence electrons. The molecule has 1 amide bonds. The van der Waals surface area contributed by atoms with Gasteiger partial charge in [-0.15, -0.1) is 0 Å². The Balaban J connectivity index is 2.70. The van der Waals surface area contributed by atoms with Crippen molar-refractivity contribution in [1.29, 1.82) is 5.41 Å². The van der Waals surface area contributed by atoms with E-state index >= 15 is 0 Å². The van der Waals surface area contributed by atoms with Crippen LogP contribution in [-0.2, 0) is 4.74 Å². The topological polar surface area (TPSA) is 74.5 Å². The molecule has 0 aromatic heterocycles. The summed E-state index contributed by atoms with van der Waals surface area (Å²) in [7, 11) is 0. The number of hydrogen-bond acceptors (Lipinski definition) is 4. The lowest BCUT2D eigenvalue weighted by atomic mass is 10.2. The number of nitrogens with zero attached hydrogens (tertiary/aromatic N) is 1. The molecule has 2 N–H and O–H groups in total. The van der Waals surface area contributed by atoms with E-state index in [1.165, 1.54) is 0 Å². The number of aliphatic imine (C=N–C) groups is 1. The Bertz CT molecular complexity index is 524. The zero-order valence-corrected chi connectivity index (χ0v) is 13.5. The van der Waals surface area contributed by atoms with E-state index in [2.05, 4.69) is 10.3 Å². The minimum absolute atomic E-state index is 0.150. The summed E-state index contributed by atoms with van der Waals surface area (Å²) < 4.78 is 3.06. The average molecular weight is 351 g/mol. The highest BCUT2D eigenvalue weighted by Crippen LogP contribution is 2.25. The van der Waals surface area contributed by atoms with Crippen LogP contribution >= 0.6 is 34.8 Å². The molecule has 21 heavy (non-hydrogen) atoms. The molecule has 0 aliphatic heterocycles. The molecule has 0 heterocycles. The van der Waals surface area contributed by atoms with E-state index in [0.717, 1.165) is 11.8 Å². The summed E-state index contributed by atoms with van der Waals surface area (Å²) in [6.45, 7) is 1.57. The number of alkyl halides is 3. The fourth-order valence-electron chi connectivity index (χ4n) is 1.30. The van der Waals surface area contributed by atoms with E-state index < -0.39 is 9.89 Å². The molecule has 0 radical (unpaired) electrons. The number of nitrogens with one attached hydrogen (secondary N) is 2. The smallest absolute Gasteiger partial charge is 0.412 e. The van der Waals surface area contributed by atoms with E-state index in [-0.39, 0.29) is 18.9 Å². The van der Waals surface area contributed by atoms with Crippen molar-refractivity contribution in [2.24, 2.45) is 4.99 Å². The molecule has 1 aromatic carbocycles. The lowest BCUT2D eigenvalue weighted by Gasteiger charge is -2.12. The predicted molar refractivity (Wildman–Crippen MR) is 86.4 cm³/mol. The summed E-state index contributed by atoms with van der Waals surface area (Å²) in [5, 5.41) is 9.53. The van der Waals surface area contributed by atoms with Crippen molar-refractivity contribution in [2.75, 3.05) is 6.61 Å². The van der Waals surface area contributed by atoms with Gasteiger partial charge in [0.1, 0.15) is 12.4 Å². The summed E-state index contributed by atoms with van der Waals surface area (Å²) in [6.07, 6.45) is 0.466. The first kappa shape index (κ1) is 17.8. The summed E-state index contributed by atoms with van der Waals surface area (Å²) in [6, 6.07) is 7.38. The molecule has 1 rings (SSSR count). The number of carbonyl (C=O) groups is 1. The third kappa shape index (κ3) is 7.90. The zero-order chi connectivity index (χ0) is 15.9. The average Bonchev–Trinajstić information content (AvgIpc) is 2.39. The minimum atomic E-state index is -1.67. The fraction of sp³-hybridized carbons (Fsp3) is 0.308. The molecule has 5 nitrogen and oxygen atoms in total.